The van der Waals surface area contributed by atoms with E-state index in [0.717, 1.165) is 37.4 Å². The molecule has 4 N–H and O–H groups in total. The molecule has 1 amide bonds. The Morgan fingerprint density at radius 1 is 1.00 bits per heavy atom. The van der Waals surface area contributed by atoms with E-state index in [1.54, 1.807) is 0 Å². The normalized spacial score (nSPS) is 10.5. The topological polar surface area (TPSA) is 73.6 Å². The number of hydrogen-bond acceptors (Lipinski definition) is 4. The molecule has 0 fully saturated rings. The van der Waals surface area contributed by atoms with Crippen LogP contribution in [-0.2, 0) is 6.54 Å². The summed E-state index contributed by atoms with van der Waals surface area (Å²) in [4.78, 5) is 17.1. The van der Waals surface area contributed by atoms with Crippen molar-refractivity contribution in [3.8, 4) is 0 Å². The second kappa shape index (κ2) is 13.7. The van der Waals surface area contributed by atoms with Crippen molar-refractivity contribution in [2.24, 2.45) is 5.73 Å². The quantitative estimate of drug-likeness (QED) is 0.502. The number of likely N-dealkylation sites (N-methyl/N-ethyl adjacent to an activating group) is 2. The highest BCUT2D eigenvalue weighted by atomic mass is 32.1. The van der Waals surface area contributed by atoms with Crippen LogP contribution in [0.3, 0.4) is 0 Å². The van der Waals surface area contributed by atoms with Gasteiger partial charge in [-0.15, -0.1) is 0 Å². The van der Waals surface area contributed by atoms with Crippen LogP contribution >= 0.6 is 12.2 Å². The third kappa shape index (κ3) is 9.46. The predicted octanol–water partition coefficient (Wildman–Crippen LogP) is 4.31. The number of aryl methyl sites for hydroxylation is 1. The minimum atomic E-state index is -0.153. The lowest BCUT2D eigenvalue weighted by Crippen LogP contribution is -2.30. The first-order valence-corrected chi connectivity index (χ1v) is 11.1. The number of nitrogens with zero attached hydrogens (tertiary/aromatic N) is 2. The van der Waals surface area contributed by atoms with Crippen molar-refractivity contribution in [1.29, 1.82) is 0 Å². The average molecular weight is 444 g/mol. The van der Waals surface area contributed by atoms with Gasteiger partial charge in [0.15, 0.2) is 5.11 Å². The van der Waals surface area contributed by atoms with Crippen LogP contribution in [-0.4, -0.2) is 54.5 Å². The molecule has 0 aliphatic carbocycles. The molecule has 31 heavy (non-hydrogen) atoms. The van der Waals surface area contributed by atoms with E-state index < -0.39 is 0 Å². The molecule has 2 aromatic rings. The third-order valence-electron chi connectivity index (χ3n) is 4.83. The highest BCUT2D eigenvalue weighted by Gasteiger charge is 2.09. The number of benzene rings is 2. The fourth-order valence-corrected chi connectivity index (χ4v) is 2.93. The summed E-state index contributed by atoms with van der Waals surface area (Å²) in [5.41, 5.74) is 9.81. The van der Waals surface area contributed by atoms with Gasteiger partial charge in [0.2, 0.25) is 0 Å². The summed E-state index contributed by atoms with van der Waals surface area (Å²) in [6.45, 7) is 12.0. The van der Waals surface area contributed by atoms with E-state index in [9.17, 15) is 4.79 Å². The van der Waals surface area contributed by atoms with Gasteiger partial charge in [0.05, 0.1) is 0 Å². The maximum atomic E-state index is 12.6. The van der Waals surface area contributed by atoms with Crippen LogP contribution in [0.4, 0.5) is 11.4 Å². The first-order valence-electron chi connectivity index (χ1n) is 10.7. The maximum absolute atomic E-state index is 12.6. The van der Waals surface area contributed by atoms with Crippen molar-refractivity contribution >= 4 is 34.6 Å². The molecule has 0 unspecified atom stereocenters. The van der Waals surface area contributed by atoms with Crippen molar-refractivity contribution in [1.82, 2.24) is 9.80 Å². The Morgan fingerprint density at radius 3 is 2.19 bits per heavy atom. The van der Waals surface area contributed by atoms with Crippen molar-refractivity contribution in [3.05, 3.63) is 59.2 Å². The molecule has 0 saturated carbocycles. The van der Waals surface area contributed by atoms with Crippen LogP contribution in [0.2, 0.25) is 0 Å². The average Bonchev–Trinajstić information content (AvgIpc) is 2.76. The Balaban J connectivity index is 0.00000233. The Kier molecular flexibility index (Phi) is 11.8. The molecule has 0 aliphatic rings. The monoisotopic (exact) mass is 443 g/mol. The summed E-state index contributed by atoms with van der Waals surface area (Å²) >= 11 is 4.90. The summed E-state index contributed by atoms with van der Waals surface area (Å²) < 4.78 is 0. The number of carbonyl (C=O) groups excluding carboxylic acids is 1. The molecule has 0 aliphatic heterocycles. The molecule has 0 spiro atoms. The van der Waals surface area contributed by atoms with Gasteiger partial charge in [0.25, 0.3) is 5.91 Å². The number of thiocarbonyl (C=S) groups is 1. The van der Waals surface area contributed by atoms with Gasteiger partial charge in [-0.25, -0.2) is 0 Å². The van der Waals surface area contributed by atoms with Crippen molar-refractivity contribution < 1.29 is 4.79 Å². The highest BCUT2D eigenvalue weighted by molar-refractivity contribution is 7.80. The number of hydrogen-bond donors (Lipinski definition) is 3. The molecule has 0 bridgehead atoms. The highest BCUT2D eigenvalue weighted by Crippen LogP contribution is 2.21. The van der Waals surface area contributed by atoms with Crippen LogP contribution < -0.4 is 16.4 Å². The summed E-state index contributed by atoms with van der Waals surface area (Å²) in [7, 11) is 4.23. The van der Waals surface area contributed by atoms with Gasteiger partial charge in [-0.3, -0.25) is 4.79 Å². The minimum absolute atomic E-state index is 0.153. The SMILES string of the molecule is CC.CCN(C)CCN(C)Cc1ccc(C(=O)Nc2ccc(C)c(NC(N)=S)c2)cc1. The van der Waals surface area contributed by atoms with E-state index in [1.165, 1.54) is 5.56 Å². The first kappa shape index (κ1) is 26.6. The molecule has 0 saturated heterocycles. The standard InChI is InChI=1S/C22H31N5OS.C2H6/c1-5-26(3)12-13-27(4)15-17-7-9-18(10-8-17)21(28)24-19-11-6-16(2)20(14-19)25-22(23)29;1-2/h6-11,14H,5,12-13,15H2,1-4H3,(H,24,28)(H3,23,25,29);1-2H3. The van der Waals surface area contributed by atoms with Crippen LogP contribution in [0.1, 0.15) is 42.3 Å². The smallest absolute Gasteiger partial charge is 0.255 e. The summed E-state index contributed by atoms with van der Waals surface area (Å²) in [6.07, 6.45) is 0. The molecule has 7 heteroatoms. The van der Waals surface area contributed by atoms with Gasteiger partial charge in [-0.1, -0.05) is 39.0 Å². The molecule has 0 atom stereocenters. The number of nitrogens with two attached hydrogens (primary N) is 1. The lowest BCUT2D eigenvalue weighted by molar-refractivity contribution is 0.102. The number of nitrogens with one attached hydrogen (secondary N) is 2. The van der Waals surface area contributed by atoms with Crippen molar-refractivity contribution in [2.75, 3.05) is 44.4 Å². The van der Waals surface area contributed by atoms with Crippen LogP contribution in [0, 0.1) is 6.92 Å². The van der Waals surface area contributed by atoms with Crippen LogP contribution in [0.25, 0.3) is 0 Å². The summed E-state index contributed by atoms with van der Waals surface area (Å²) in [5.74, 6) is -0.153. The van der Waals surface area contributed by atoms with Crippen LogP contribution in [0.15, 0.2) is 42.5 Å². The lowest BCUT2D eigenvalue weighted by Gasteiger charge is -2.21. The Morgan fingerprint density at radius 2 is 1.61 bits per heavy atom. The lowest BCUT2D eigenvalue weighted by atomic mass is 10.1. The maximum Gasteiger partial charge on any atom is 0.255 e. The first-order chi connectivity index (χ1) is 14.8. The van der Waals surface area contributed by atoms with E-state index in [2.05, 4.69) is 41.5 Å². The van der Waals surface area contributed by atoms with E-state index >= 15 is 0 Å². The molecule has 0 heterocycles. The largest absolute Gasteiger partial charge is 0.376 e. The fraction of sp³-hybridized carbons (Fsp3) is 0.417. The van der Waals surface area contributed by atoms with Crippen molar-refractivity contribution in [2.45, 2.75) is 34.2 Å². The predicted molar refractivity (Wildman–Crippen MR) is 137 cm³/mol. The fourth-order valence-electron chi connectivity index (χ4n) is 2.82. The van der Waals surface area contributed by atoms with Gasteiger partial charge in [0.1, 0.15) is 0 Å². The number of anilines is 2. The number of rotatable bonds is 9. The second-order valence-electron chi connectivity index (χ2n) is 7.30. The zero-order valence-electron chi connectivity index (χ0n) is 19.7. The van der Waals surface area contributed by atoms with Gasteiger partial charge in [0, 0.05) is 36.6 Å². The summed E-state index contributed by atoms with van der Waals surface area (Å²) in [6, 6.07) is 13.3. The van der Waals surface area contributed by atoms with Gasteiger partial charge >= 0.3 is 0 Å². The van der Waals surface area contributed by atoms with E-state index in [-0.39, 0.29) is 11.0 Å². The molecule has 2 rings (SSSR count). The molecule has 0 radical (unpaired) electrons. The van der Waals surface area contributed by atoms with Gasteiger partial charge in [-0.2, -0.15) is 0 Å². The number of amides is 1. The van der Waals surface area contributed by atoms with Gasteiger partial charge in [-0.05, 0) is 75.2 Å². The molecule has 2 aromatic carbocycles. The van der Waals surface area contributed by atoms with Crippen molar-refractivity contribution in [3.63, 3.8) is 0 Å². The molecular formula is C24H37N5OS. The zero-order valence-corrected chi connectivity index (χ0v) is 20.5. The molecule has 170 valence electrons. The minimum Gasteiger partial charge on any atom is -0.376 e. The third-order valence-corrected chi connectivity index (χ3v) is 4.93. The molecule has 0 aromatic heterocycles. The summed E-state index contributed by atoms with van der Waals surface area (Å²) in [5, 5.41) is 6.04. The molecule has 6 nitrogen and oxygen atoms in total. The zero-order chi connectivity index (χ0) is 23.4. The Hall–Kier alpha value is -2.48. The molecular weight excluding hydrogens is 406 g/mol. The number of carbonyl (C=O) groups is 1. The van der Waals surface area contributed by atoms with E-state index in [4.69, 9.17) is 18.0 Å². The van der Waals surface area contributed by atoms with E-state index in [0.29, 0.717) is 11.3 Å². The van der Waals surface area contributed by atoms with Crippen LogP contribution in [0.5, 0.6) is 0 Å². The Bertz CT molecular complexity index is 838. The van der Waals surface area contributed by atoms with Gasteiger partial charge < -0.3 is 26.2 Å². The second-order valence-corrected chi connectivity index (χ2v) is 7.74. The Labute approximate surface area is 192 Å². The van der Waals surface area contributed by atoms with E-state index in [1.807, 2.05) is 63.2 Å².